The Hall–Kier alpha value is -0.610. The van der Waals surface area contributed by atoms with Crippen LogP contribution in [-0.4, -0.2) is 24.1 Å². The van der Waals surface area contributed by atoms with Crippen molar-refractivity contribution in [2.75, 3.05) is 18.0 Å². The Morgan fingerprint density at radius 2 is 2.25 bits per heavy atom. The third-order valence-electron chi connectivity index (χ3n) is 3.89. The first-order valence-electron chi connectivity index (χ1n) is 8.07. The molecule has 20 heavy (non-hydrogen) atoms. The van der Waals surface area contributed by atoms with Crippen LogP contribution in [0.15, 0.2) is 0 Å². The van der Waals surface area contributed by atoms with Crippen LogP contribution in [0.25, 0.3) is 0 Å². The molecule has 1 aromatic rings. The first-order chi connectivity index (χ1) is 9.61. The van der Waals surface area contributed by atoms with Crippen molar-refractivity contribution in [3.05, 3.63) is 10.6 Å². The molecule has 1 N–H and O–H groups in total. The lowest BCUT2D eigenvalue weighted by Gasteiger charge is -2.19. The molecule has 0 saturated carbocycles. The second-order valence-electron chi connectivity index (χ2n) is 6.33. The minimum absolute atomic E-state index is 0.659. The van der Waals surface area contributed by atoms with Gasteiger partial charge in [0.25, 0.3) is 0 Å². The maximum absolute atomic E-state index is 4.93. The van der Waals surface area contributed by atoms with Crippen molar-refractivity contribution in [2.45, 2.75) is 66.0 Å². The molecule has 0 radical (unpaired) electrons. The summed E-state index contributed by atoms with van der Waals surface area (Å²) in [6.45, 7) is 12.3. The van der Waals surface area contributed by atoms with Gasteiger partial charge in [-0.25, -0.2) is 4.98 Å². The van der Waals surface area contributed by atoms with Crippen LogP contribution < -0.4 is 10.2 Å². The van der Waals surface area contributed by atoms with E-state index >= 15 is 0 Å². The molecule has 1 aliphatic rings. The molecule has 1 fully saturated rings. The van der Waals surface area contributed by atoms with Crippen LogP contribution in [0.2, 0.25) is 0 Å². The smallest absolute Gasteiger partial charge is 0.186 e. The Kier molecular flexibility index (Phi) is 5.85. The van der Waals surface area contributed by atoms with E-state index in [9.17, 15) is 0 Å². The zero-order chi connectivity index (χ0) is 14.5. The van der Waals surface area contributed by atoms with Crippen LogP contribution in [0, 0.1) is 5.92 Å². The Morgan fingerprint density at radius 3 is 2.85 bits per heavy atom. The lowest BCUT2D eigenvalue weighted by molar-refractivity contribution is 0.553. The number of thiazole rings is 1. The first kappa shape index (κ1) is 15.8. The molecule has 0 aliphatic carbocycles. The van der Waals surface area contributed by atoms with Crippen LogP contribution in [0.4, 0.5) is 5.13 Å². The number of aryl methyl sites for hydroxylation is 1. The summed E-state index contributed by atoms with van der Waals surface area (Å²) in [6.07, 6.45) is 4.90. The van der Waals surface area contributed by atoms with Crippen molar-refractivity contribution in [1.29, 1.82) is 0 Å². The van der Waals surface area contributed by atoms with Gasteiger partial charge >= 0.3 is 0 Å². The molecule has 0 amide bonds. The fourth-order valence-corrected chi connectivity index (χ4v) is 3.96. The van der Waals surface area contributed by atoms with Gasteiger partial charge in [0, 0.05) is 24.0 Å². The molecule has 3 nitrogen and oxygen atoms in total. The van der Waals surface area contributed by atoms with Gasteiger partial charge in [-0.2, -0.15) is 0 Å². The van der Waals surface area contributed by atoms with Crippen LogP contribution >= 0.6 is 11.3 Å². The summed E-state index contributed by atoms with van der Waals surface area (Å²) in [5.74, 6) is 0.704. The molecule has 1 aromatic heterocycles. The summed E-state index contributed by atoms with van der Waals surface area (Å²) in [5, 5.41) is 4.82. The van der Waals surface area contributed by atoms with Gasteiger partial charge in [-0.15, -0.1) is 11.3 Å². The molecule has 114 valence electrons. The molecule has 0 aromatic carbocycles. The van der Waals surface area contributed by atoms with Gasteiger partial charge in [-0.3, -0.25) is 0 Å². The second-order valence-corrected chi connectivity index (χ2v) is 7.39. The van der Waals surface area contributed by atoms with Gasteiger partial charge in [0.2, 0.25) is 0 Å². The van der Waals surface area contributed by atoms with Crippen molar-refractivity contribution in [1.82, 2.24) is 10.3 Å². The largest absolute Gasteiger partial charge is 0.345 e. The van der Waals surface area contributed by atoms with Crippen molar-refractivity contribution >= 4 is 16.5 Å². The van der Waals surface area contributed by atoms with E-state index in [0.717, 1.165) is 19.5 Å². The summed E-state index contributed by atoms with van der Waals surface area (Å²) in [5.41, 5.74) is 1.32. The number of hydrogen-bond acceptors (Lipinski definition) is 4. The van der Waals surface area contributed by atoms with Crippen molar-refractivity contribution < 1.29 is 0 Å². The Morgan fingerprint density at radius 1 is 1.45 bits per heavy atom. The molecule has 0 spiro atoms. The van der Waals surface area contributed by atoms with E-state index < -0.39 is 0 Å². The molecule has 2 rings (SSSR count). The van der Waals surface area contributed by atoms with E-state index in [4.69, 9.17) is 4.98 Å². The Balaban J connectivity index is 2.06. The Bertz CT molecular complexity index is 414. The van der Waals surface area contributed by atoms with E-state index in [1.807, 2.05) is 11.3 Å². The van der Waals surface area contributed by atoms with Gasteiger partial charge < -0.3 is 10.2 Å². The molecule has 2 heterocycles. The van der Waals surface area contributed by atoms with Gasteiger partial charge in [-0.05, 0) is 38.6 Å². The molecular formula is C16H29N3S. The standard InChI is InChI=1S/C16H29N3S/c1-5-7-14-15(11-17-10-12(2)3)20-16(18-14)19-9-6-8-13(19)4/h12-13,17H,5-11H2,1-4H3. The minimum Gasteiger partial charge on any atom is -0.345 e. The van der Waals surface area contributed by atoms with Gasteiger partial charge in [0.05, 0.1) is 5.69 Å². The van der Waals surface area contributed by atoms with E-state index in [1.165, 1.54) is 41.5 Å². The highest BCUT2D eigenvalue weighted by Gasteiger charge is 2.24. The Labute approximate surface area is 127 Å². The van der Waals surface area contributed by atoms with Crippen LogP contribution in [0.3, 0.4) is 0 Å². The van der Waals surface area contributed by atoms with Crippen molar-refractivity contribution in [3.63, 3.8) is 0 Å². The lowest BCUT2D eigenvalue weighted by atomic mass is 10.2. The predicted octanol–water partition coefficient (Wildman–Crippen LogP) is 3.83. The monoisotopic (exact) mass is 295 g/mol. The topological polar surface area (TPSA) is 28.2 Å². The summed E-state index contributed by atoms with van der Waals surface area (Å²) >= 11 is 1.90. The third-order valence-corrected chi connectivity index (χ3v) is 5.03. The number of nitrogens with one attached hydrogen (secondary N) is 1. The zero-order valence-corrected chi connectivity index (χ0v) is 14.2. The fraction of sp³-hybridized carbons (Fsp3) is 0.812. The molecule has 1 unspecified atom stereocenters. The second kappa shape index (κ2) is 7.41. The number of aromatic nitrogens is 1. The lowest BCUT2D eigenvalue weighted by Crippen LogP contribution is -2.25. The van der Waals surface area contributed by atoms with Crippen LogP contribution in [0.5, 0.6) is 0 Å². The zero-order valence-electron chi connectivity index (χ0n) is 13.4. The quantitative estimate of drug-likeness (QED) is 0.828. The summed E-state index contributed by atoms with van der Waals surface area (Å²) in [6, 6.07) is 0.659. The van der Waals surface area contributed by atoms with Crippen LogP contribution in [0.1, 0.15) is 57.5 Å². The molecule has 1 saturated heterocycles. The highest BCUT2D eigenvalue weighted by Crippen LogP contribution is 2.32. The highest BCUT2D eigenvalue weighted by molar-refractivity contribution is 7.15. The first-order valence-corrected chi connectivity index (χ1v) is 8.89. The predicted molar refractivity (Wildman–Crippen MR) is 88.7 cm³/mol. The number of hydrogen-bond donors (Lipinski definition) is 1. The molecule has 1 atom stereocenters. The SMILES string of the molecule is CCCc1nc(N2CCCC2C)sc1CNCC(C)C. The molecular weight excluding hydrogens is 266 g/mol. The number of rotatable bonds is 7. The minimum atomic E-state index is 0.659. The third kappa shape index (κ3) is 3.95. The maximum Gasteiger partial charge on any atom is 0.186 e. The number of nitrogens with zero attached hydrogens (tertiary/aromatic N) is 2. The molecule has 1 aliphatic heterocycles. The average Bonchev–Trinajstić information content (AvgIpc) is 2.96. The normalized spacial score (nSPS) is 19.2. The van der Waals surface area contributed by atoms with Gasteiger partial charge in [-0.1, -0.05) is 27.2 Å². The number of anilines is 1. The van der Waals surface area contributed by atoms with E-state index in [-0.39, 0.29) is 0 Å². The average molecular weight is 295 g/mol. The maximum atomic E-state index is 4.93. The van der Waals surface area contributed by atoms with Gasteiger partial charge in [0.15, 0.2) is 5.13 Å². The summed E-state index contributed by atoms with van der Waals surface area (Å²) < 4.78 is 0. The van der Waals surface area contributed by atoms with E-state index in [2.05, 4.69) is 37.9 Å². The van der Waals surface area contributed by atoms with E-state index in [1.54, 1.807) is 0 Å². The van der Waals surface area contributed by atoms with Crippen LogP contribution in [-0.2, 0) is 13.0 Å². The fourth-order valence-electron chi connectivity index (χ4n) is 2.75. The van der Waals surface area contributed by atoms with Gasteiger partial charge in [0.1, 0.15) is 0 Å². The van der Waals surface area contributed by atoms with E-state index in [0.29, 0.717) is 12.0 Å². The highest BCUT2D eigenvalue weighted by atomic mass is 32.1. The summed E-state index contributed by atoms with van der Waals surface area (Å²) in [7, 11) is 0. The molecule has 4 heteroatoms. The summed E-state index contributed by atoms with van der Waals surface area (Å²) in [4.78, 5) is 8.88. The molecule has 0 bridgehead atoms. The van der Waals surface area contributed by atoms with Crippen molar-refractivity contribution in [3.8, 4) is 0 Å². The van der Waals surface area contributed by atoms with Crippen molar-refractivity contribution in [2.24, 2.45) is 5.92 Å².